The molecule has 0 radical (unpaired) electrons. The molecule has 6 nitrogen and oxygen atoms in total. The van der Waals surface area contributed by atoms with Crippen LogP contribution in [0.1, 0.15) is 11.1 Å². The molecule has 0 unspecified atom stereocenters. The minimum Gasteiger partial charge on any atom is -0.485 e. The van der Waals surface area contributed by atoms with Crippen molar-refractivity contribution < 1.29 is 9.53 Å². The fraction of sp³-hybridized carbons (Fsp3) is 0.235. The molecule has 1 amide bonds. The average Bonchev–Trinajstić information content (AvgIpc) is 2.52. The molecule has 1 N–H and O–H groups in total. The number of carbonyl (C=O) groups excluding carboxylic acids is 1. The second kappa shape index (κ2) is 8.05. The van der Waals surface area contributed by atoms with Crippen molar-refractivity contribution in [2.45, 2.75) is 13.2 Å². The molecule has 0 aliphatic heterocycles. The summed E-state index contributed by atoms with van der Waals surface area (Å²) in [6.07, 6.45) is 2.31. The van der Waals surface area contributed by atoms with Gasteiger partial charge in [0, 0.05) is 18.4 Å². The standard InChI is InChI=1S/C17H20N4O2/c1-18-17-16(5-4-6-19-17)23-11-14-7-13(10-21(2)3)8-15(9-14)20-12-22/h4-9,12H,1,10-11H2,2-3H3,(H,20,22). The maximum Gasteiger partial charge on any atom is 0.211 e. The number of hydrogen-bond donors (Lipinski definition) is 1. The Morgan fingerprint density at radius 1 is 1.35 bits per heavy atom. The zero-order valence-electron chi connectivity index (χ0n) is 13.3. The molecule has 0 aliphatic carbocycles. The van der Waals surface area contributed by atoms with Crippen LogP contribution in [0, 0.1) is 0 Å². The zero-order valence-corrected chi connectivity index (χ0v) is 13.3. The Bertz CT molecular complexity index is 686. The van der Waals surface area contributed by atoms with E-state index in [0.29, 0.717) is 24.6 Å². The van der Waals surface area contributed by atoms with Gasteiger partial charge in [-0.05, 0) is 56.2 Å². The number of nitrogens with zero attached hydrogens (tertiary/aromatic N) is 3. The van der Waals surface area contributed by atoms with Crippen LogP contribution in [-0.4, -0.2) is 37.1 Å². The van der Waals surface area contributed by atoms with Crippen molar-refractivity contribution in [1.29, 1.82) is 0 Å². The van der Waals surface area contributed by atoms with Gasteiger partial charge in [0.1, 0.15) is 6.61 Å². The number of hydrogen-bond acceptors (Lipinski definition) is 5. The summed E-state index contributed by atoms with van der Waals surface area (Å²) in [4.78, 5) is 20.7. The van der Waals surface area contributed by atoms with Crippen molar-refractivity contribution in [3.05, 3.63) is 47.7 Å². The van der Waals surface area contributed by atoms with Gasteiger partial charge in [-0.1, -0.05) is 6.07 Å². The first-order chi connectivity index (χ1) is 11.1. The Hall–Kier alpha value is -2.73. The van der Waals surface area contributed by atoms with Crippen molar-refractivity contribution in [1.82, 2.24) is 9.88 Å². The minimum absolute atomic E-state index is 0.350. The Morgan fingerprint density at radius 2 is 2.13 bits per heavy atom. The van der Waals surface area contributed by atoms with Gasteiger partial charge < -0.3 is 15.0 Å². The Labute approximate surface area is 135 Å². The van der Waals surface area contributed by atoms with Crippen LogP contribution < -0.4 is 10.1 Å². The summed E-state index contributed by atoms with van der Waals surface area (Å²) in [5.74, 6) is 1.04. The van der Waals surface area contributed by atoms with E-state index in [1.54, 1.807) is 18.3 Å². The Morgan fingerprint density at radius 3 is 2.83 bits per heavy atom. The van der Waals surface area contributed by atoms with Crippen molar-refractivity contribution in [3.63, 3.8) is 0 Å². The van der Waals surface area contributed by atoms with Crippen LogP contribution >= 0.6 is 0 Å². The van der Waals surface area contributed by atoms with Crippen LogP contribution in [0.3, 0.4) is 0 Å². The van der Waals surface area contributed by atoms with E-state index in [2.05, 4.69) is 26.9 Å². The van der Waals surface area contributed by atoms with E-state index in [-0.39, 0.29) is 0 Å². The molecule has 0 aliphatic rings. The zero-order chi connectivity index (χ0) is 16.7. The van der Waals surface area contributed by atoms with Gasteiger partial charge in [-0.15, -0.1) is 0 Å². The summed E-state index contributed by atoms with van der Waals surface area (Å²) < 4.78 is 5.78. The van der Waals surface area contributed by atoms with Gasteiger partial charge in [0.15, 0.2) is 11.6 Å². The lowest BCUT2D eigenvalue weighted by Crippen LogP contribution is -2.11. The molecule has 0 bridgehead atoms. The Kier molecular flexibility index (Phi) is 5.82. The summed E-state index contributed by atoms with van der Waals surface area (Å²) >= 11 is 0. The summed E-state index contributed by atoms with van der Waals surface area (Å²) in [6, 6.07) is 9.45. The largest absolute Gasteiger partial charge is 0.485 e. The van der Waals surface area contributed by atoms with E-state index in [9.17, 15) is 4.79 Å². The molecule has 0 spiro atoms. The molecule has 1 aromatic carbocycles. The molecule has 2 rings (SSSR count). The topological polar surface area (TPSA) is 66.8 Å². The molecule has 1 heterocycles. The molecule has 0 saturated carbocycles. The van der Waals surface area contributed by atoms with Crippen molar-refractivity contribution in [3.8, 4) is 5.75 Å². The highest BCUT2D eigenvalue weighted by atomic mass is 16.5. The molecule has 0 fully saturated rings. The first-order valence-electron chi connectivity index (χ1n) is 7.14. The fourth-order valence-electron chi connectivity index (χ4n) is 2.23. The van der Waals surface area contributed by atoms with Crippen LogP contribution in [0.4, 0.5) is 11.5 Å². The van der Waals surface area contributed by atoms with Crippen LogP contribution in [0.2, 0.25) is 0 Å². The van der Waals surface area contributed by atoms with E-state index in [0.717, 1.165) is 23.4 Å². The summed E-state index contributed by atoms with van der Waals surface area (Å²) in [7, 11) is 3.99. The Balaban J connectivity index is 2.19. The number of nitrogens with one attached hydrogen (secondary N) is 1. The first-order valence-corrected chi connectivity index (χ1v) is 7.14. The normalized spacial score (nSPS) is 10.4. The number of pyridine rings is 1. The number of anilines is 1. The van der Waals surface area contributed by atoms with E-state index >= 15 is 0 Å². The molecule has 120 valence electrons. The van der Waals surface area contributed by atoms with Crippen molar-refractivity contribution in [2.75, 3.05) is 19.4 Å². The SMILES string of the molecule is C=Nc1ncccc1OCc1cc(CN(C)C)cc(NC=O)c1. The number of amides is 1. The second-order valence-corrected chi connectivity index (χ2v) is 5.31. The maximum atomic E-state index is 10.7. The highest BCUT2D eigenvalue weighted by Crippen LogP contribution is 2.25. The highest BCUT2D eigenvalue weighted by molar-refractivity contribution is 5.71. The summed E-state index contributed by atoms with van der Waals surface area (Å²) in [5.41, 5.74) is 2.78. The number of benzene rings is 1. The van der Waals surface area contributed by atoms with Gasteiger partial charge in [-0.3, -0.25) is 4.79 Å². The van der Waals surface area contributed by atoms with Crippen LogP contribution in [-0.2, 0) is 17.9 Å². The van der Waals surface area contributed by atoms with E-state index < -0.39 is 0 Å². The third-order valence-electron chi connectivity index (χ3n) is 3.07. The number of rotatable bonds is 8. The van der Waals surface area contributed by atoms with Crippen molar-refractivity contribution in [2.24, 2.45) is 4.99 Å². The molecule has 0 atom stereocenters. The van der Waals surface area contributed by atoms with Crippen LogP contribution in [0.25, 0.3) is 0 Å². The van der Waals surface area contributed by atoms with E-state index in [1.165, 1.54) is 0 Å². The fourth-order valence-corrected chi connectivity index (χ4v) is 2.23. The number of aliphatic imine (C=N–C) groups is 1. The second-order valence-electron chi connectivity index (χ2n) is 5.31. The number of aromatic nitrogens is 1. The minimum atomic E-state index is 0.350. The van der Waals surface area contributed by atoms with Gasteiger partial charge in [0.2, 0.25) is 6.41 Å². The van der Waals surface area contributed by atoms with Gasteiger partial charge in [0.05, 0.1) is 0 Å². The number of ether oxygens (including phenoxy) is 1. The lowest BCUT2D eigenvalue weighted by molar-refractivity contribution is -0.105. The molecule has 2 aromatic rings. The van der Waals surface area contributed by atoms with Gasteiger partial charge in [0.25, 0.3) is 0 Å². The highest BCUT2D eigenvalue weighted by Gasteiger charge is 2.06. The molecule has 23 heavy (non-hydrogen) atoms. The molecule has 0 saturated heterocycles. The molecular weight excluding hydrogens is 292 g/mol. The summed E-state index contributed by atoms with van der Waals surface area (Å²) in [6.45, 7) is 4.61. The first kappa shape index (κ1) is 16.6. The lowest BCUT2D eigenvalue weighted by Gasteiger charge is -2.14. The molecule has 6 heteroatoms. The monoisotopic (exact) mass is 312 g/mol. The van der Waals surface area contributed by atoms with Gasteiger partial charge in [-0.2, -0.15) is 0 Å². The maximum absolute atomic E-state index is 10.7. The van der Waals surface area contributed by atoms with Gasteiger partial charge in [-0.25, -0.2) is 9.98 Å². The van der Waals surface area contributed by atoms with Crippen LogP contribution in [0.5, 0.6) is 5.75 Å². The lowest BCUT2D eigenvalue weighted by atomic mass is 10.1. The van der Waals surface area contributed by atoms with E-state index in [4.69, 9.17) is 4.74 Å². The van der Waals surface area contributed by atoms with Gasteiger partial charge >= 0.3 is 0 Å². The quantitative estimate of drug-likeness (QED) is 0.601. The third kappa shape index (κ3) is 4.89. The van der Waals surface area contributed by atoms with Crippen LogP contribution in [0.15, 0.2) is 41.5 Å². The van der Waals surface area contributed by atoms with Crippen molar-refractivity contribution >= 4 is 24.6 Å². The third-order valence-corrected chi connectivity index (χ3v) is 3.07. The predicted octanol–water partition coefficient (Wildman–Crippen LogP) is 2.62. The summed E-state index contributed by atoms with van der Waals surface area (Å²) in [5, 5.41) is 2.69. The van der Waals surface area contributed by atoms with E-state index in [1.807, 2.05) is 32.3 Å². The molecule has 1 aromatic heterocycles. The number of carbonyl (C=O) groups is 1. The smallest absolute Gasteiger partial charge is 0.211 e. The molecular formula is C17H20N4O2. The average molecular weight is 312 g/mol. The predicted molar refractivity (Wildman–Crippen MR) is 91.3 cm³/mol.